The summed E-state index contributed by atoms with van der Waals surface area (Å²) in [6.45, 7) is 1.72. The Kier molecular flexibility index (Phi) is 5.46. The predicted molar refractivity (Wildman–Crippen MR) is 95.6 cm³/mol. The molecule has 0 spiro atoms. The van der Waals surface area contributed by atoms with Crippen LogP contribution in [0.3, 0.4) is 0 Å². The van der Waals surface area contributed by atoms with Crippen LogP contribution in [-0.4, -0.2) is 21.6 Å². The summed E-state index contributed by atoms with van der Waals surface area (Å²) in [4.78, 5) is 25.3. The summed E-state index contributed by atoms with van der Waals surface area (Å²) < 4.78 is 27.3. The van der Waals surface area contributed by atoms with E-state index in [2.05, 4.69) is 20.4 Å². The molecule has 0 aliphatic rings. The summed E-state index contributed by atoms with van der Waals surface area (Å²) in [5.41, 5.74) is 0.532. The van der Waals surface area contributed by atoms with Crippen molar-refractivity contribution in [2.24, 2.45) is 5.16 Å². The zero-order valence-corrected chi connectivity index (χ0v) is 14.2. The van der Waals surface area contributed by atoms with Crippen molar-refractivity contribution >= 4 is 17.4 Å². The van der Waals surface area contributed by atoms with Crippen molar-refractivity contribution < 1.29 is 18.4 Å². The van der Waals surface area contributed by atoms with Crippen LogP contribution in [-0.2, 0) is 0 Å². The number of hydrogen-bond acceptors (Lipinski definition) is 5. The standard InChI is InChI=1S/C19H14F2N4O2/c1-12(25-27-14-4-3-9-22-11-14)13-7-8-17(23-10-13)24-19(26)18-15(20)5-2-6-16(18)21/h2-11H,1H3,(H,23,24,26)/b25-12+. The maximum atomic E-state index is 13.6. The number of oxime groups is 1. The molecule has 3 aromatic rings. The first-order valence-corrected chi connectivity index (χ1v) is 7.88. The molecule has 136 valence electrons. The predicted octanol–water partition coefficient (Wildman–Crippen LogP) is 3.81. The van der Waals surface area contributed by atoms with Gasteiger partial charge in [-0.25, -0.2) is 13.8 Å². The average Bonchev–Trinajstić information content (AvgIpc) is 2.67. The van der Waals surface area contributed by atoms with Gasteiger partial charge < -0.3 is 10.2 Å². The van der Waals surface area contributed by atoms with Crippen LogP contribution in [0, 0.1) is 11.6 Å². The molecule has 0 fully saturated rings. The summed E-state index contributed by atoms with van der Waals surface area (Å²) >= 11 is 0. The Morgan fingerprint density at radius 3 is 2.48 bits per heavy atom. The molecule has 1 aromatic carbocycles. The van der Waals surface area contributed by atoms with Gasteiger partial charge in [-0.2, -0.15) is 0 Å². The van der Waals surface area contributed by atoms with Crippen LogP contribution in [0.25, 0.3) is 0 Å². The Hall–Kier alpha value is -3.68. The zero-order chi connectivity index (χ0) is 19.2. The van der Waals surface area contributed by atoms with Crippen LogP contribution < -0.4 is 10.2 Å². The summed E-state index contributed by atoms with van der Waals surface area (Å²) in [7, 11) is 0. The molecule has 0 bridgehead atoms. The highest BCUT2D eigenvalue weighted by Gasteiger charge is 2.17. The van der Waals surface area contributed by atoms with E-state index in [1.165, 1.54) is 24.5 Å². The monoisotopic (exact) mass is 368 g/mol. The van der Waals surface area contributed by atoms with Gasteiger partial charge >= 0.3 is 0 Å². The Morgan fingerprint density at radius 2 is 1.85 bits per heavy atom. The molecule has 0 saturated carbocycles. The molecule has 0 saturated heterocycles. The molecule has 0 unspecified atom stereocenters. The number of aromatic nitrogens is 2. The highest BCUT2D eigenvalue weighted by molar-refractivity contribution is 6.04. The molecule has 2 aromatic heterocycles. The van der Waals surface area contributed by atoms with E-state index in [0.717, 1.165) is 12.1 Å². The van der Waals surface area contributed by atoms with Crippen LogP contribution in [0.2, 0.25) is 0 Å². The number of pyridine rings is 2. The van der Waals surface area contributed by atoms with Crippen molar-refractivity contribution in [3.8, 4) is 5.75 Å². The van der Waals surface area contributed by atoms with E-state index in [-0.39, 0.29) is 5.82 Å². The summed E-state index contributed by atoms with van der Waals surface area (Å²) in [6.07, 6.45) is 4.60. The molecule has 27 heavy (non-hydrogen) atoms. The van der Waals surface area contributed by atoms with E-state index in [4.69, 9.17) is 4.84 Å². The Labute approximate surface area is 153 Å². The second kappa shape index (κ2) is 8.13. The number of amides is 1. The average molecular weight is 368 g/mol. The van der Waals surface area contributed by atoms with Gasteiger partial charge in [0.15, 0.2) is 5.75 Å². The molecule has 1 N–H and O–H groups in total. The van der Waals surface area contributed by atoms with Gasteiger partial charge in [-0.15, -0.1) is 0 Å². The smallest absolute Gasteiger partial charge is 0.262 e. The molecule has 0 aliphatic heterocycles. The van der Waals surface area contributed by atoms with Gasteiger partial charge in [0, 0.05) is 18.0 Å². The summed E-state index contributed by atoms with van der Waals surface area (Å²) in [5.74, 6) is -2.18. The van der Waals surface area contributed by atoms with Crippen LogP contribution >= 0.6 is 0 Å². The topological polar surface area (TPSA) is 76.5 Å². The molecule has 1 amide bonds. The maximum Gasteiger partial charge on any atom is 0.262 e. The third-order valence-electron chi connectivity index (χ3n) is 3.54. The molecular formula is C19H14F2N4O2. The lowest BCUT2D eigenvalue weighted by Crippen LogP contribution is -2.16. The Bertz CT molecular complexity index is 957. The second-order valence-corrected chi connectivity index (χ2v) is 5.44. The number of halogens is 2. The molecule has 6 nitrogen and oxygen atoms in total. The van der Waals surface area contributed by atoms with Crippen LogP contribution in [0.1, 0.15) is 22.8 Å². The SMILES string of the molecule is C/C(=N\Oc1cccnc1)c1ccc(NC(=O)c2c(F)cccc2F)nc1. The van der Waals surface area contributed by atoms with Crippen LogP contribution in [0.4, 0.5) is 14.6 Å². The van der Waals surface area contributed by atoms with Crippen molar-refractivity contribution in [2.75, 3.05) is 5.32 Å². The minimum atomic E-state index is -0.945. The van der Waals surface area contributed by atoms with Crippen molar-refractivity contribution in [3.63, 3.8) is 0 Å². The zero-order valence-electron chi connectivity index (χ0n) is 14.2. The van der Waals surface area contributed by atoms with E-state index in [9.17, 15) is 13.6 Å². The van der Waals surface area contributed by atoms with Crippen LogP contribution in [0.15, 0.2) is 66.2 Å². The molecule has 3 rings (SSSR count). The van der Waals surface area contributed by atoms with Gasteiger partial charge in [0.05, 0.1) is 11.9 Å². The normalized spacial score (nSPS) is 11.1. The number of anilines is 1. The molecule has 0 aliphatic carbocycles. The lowest BCUT2D eigenvalue weighted by Gasteiger charge is -2.07. The first-order chi connectivity index (χ1) is 13.0. The van der Waals surface area contributed by atoms with E-state index in [1.807, 2.05) is 0 Å². The molecular weight excluding hydrogens is 354 g/mol. The van der Waals surface area contributed by atoms with Crippen molar-refractivity contribution in [1.82, 2.24) is 9.97 Å². The number of carbonyl (C=O) groups is 1. The number of rotatable bonds is 5. The fourth-order valence-electron chi connectivity index (χ4n) is 2.15. The van der Waals surface area contributed by atoms with Gasteiger partial charge in [-0.05, 0) is 43.3 Å². The third kappa shape index (κ3) is 4.49. The van der Waals surface area contributed by atoms with Gasteiger partial charge in [0.2, 0.25) is 0 Å². The quantitative estimate of drug-likeness (QED) is 0.549. The highest BCUT2D eigenvalue weighted by atomic mass is 19.1. The maximum absolute atomic E-state index is 13.6. The number of nitrogens with zero attached hydrogens (tertiary/aromatic N) is 3. The fraction of sp³-hybridized carbons (Fsp3) is 0.0526. The Balaban J connectivity index is 1.69. The van der Waals surface area contributed by atoms with E-state index >= 15 is 0 Å². The first kappa shape index (κ1) is 18.1. The first-order valence-electron chi connectivity index (χ1n) is 7.88. The number of hydrogen-bond donors (Lipinski definition) is 1. The van der Waals surface area contributed by atoms with E-state index in [0.29, 0.717) is 17.0 Å². The van der Waals surface area contributed by atoms with E-state index in [1.54, 1.807) is 31.3 Å². The summed E-state index contributed by atoms with van der Waals surface area (Å²) in [5, 5.41) is 6.33. The van der Waals surface area contributed by atoms with Crippen molar-refractivity contribution in [3.05, 3.63) is 83.8 Å². The molecule has 2 heterocycles. The van der Waals surface area contributed by atoms with Gasteiger partial charge in [-0.1, -0.05) is 11.2 Å². The molecule has 0 atom stereocenters. The second-order valence-electron chi connectivity index (χ2n) is 5.44. The van der Waals surface area contributed by atoms with Gasteiger partial charge in [0.1, 0.15) is 23.0 Å². The Morgan fingerprint density at radius 1 is 1.07 bits per heavy atom. The van der Waals surface area contributed by atoms with Crippen LogP contribution in [0.5, 0.6) is 5.75 Å². The van der Waals surface area contributed by atoms with E-state index < -0.39 is 23.1 Å². The lowest BCUT2D eigenvalue weighted by atomic mass is 10.2. The number of benzene rings is 1. The molecule has 0 radical (unpaired) electrons. The minimum absolute atomic E-state index is 0.146. The molecule has 8 heteroatoms. The van der Waals surface area contributed by atoms with Gasteiger partial charge in [-0.3, -0.25) is 9.78 Å². The number of nitrogens with one attached hydrogen (secondary N) is 1. The van der Waals surface area contributed by atoms with Crippen molar-refractivity contribution in [2.45, 2.75) is 6.92 Å². The largest absolute Gasteiger partial charge is 0.355 e. The van der Waals surface area contributed by atoms with Gasteiger partial charge in [0.25, 0.3) is 5.91 Å². The fourth-order valence-corrected chi connectivity index (χ4v) is 2.15. The number of carbonyl (C=O) groups excluding carboxylic acids is 1. The third-order valence-corrected chi connectivity index (χ3v) is 3.54. The summed E-state index contributed by atoms with van der Waals surface area (Å²) in [6, 6.07) is 9.78. The lowest BCUT2D eigenvalue weighted by molar-refractivity contribution is 0.101. The highest BCUT2D eigenvalue weighted by Crippen LogP contribution is 2.15. The van der Waals surface area contributed by atoms with Crippen molar-refractivity contribution in [1.29, 1.82) is 0 Å². The minimum Gasteiger partial charge on any atom is -0.355 e.